The lowest BCUT2D eigenvalue weighted by atomic mass is 10.1. The summed E-state index contributed by atoms with van der Waals surface area (Å²) in [6.45, 7) is 7.17. The first-order chi connectivity index (χ1) is 8.66. The molecule has 2 heterocycles. The number of hydrogen-bond acceptors (Lipinski definition) is 5. The van der Waals surface area contributed by atoms with Crippen LogP contribution in [0.25, 0.3) is 0 Å². The van der Waals surface area contributed by atoms with Crippen molar-refractivity contribution in [2.45, 2.75) is 51.6 Å². The molecule has 0 radical (unpaired) electrons. The largest absolute Gasteiger partial charge is 0.339 e. The molecule has 1 aromatic rings. The molecule has 110 valence electrons. The van der Waals surface area contributed by atoms with Gasteiger partial charge in [-0.05, 0) is 39.4 Å². The molecule has 0 saturated carbocycles. The maximum atomic E-state index is 5.24. The van der Waals surface area contributed by atoms with E-state index >= 15 is 0 Å². The van der Waals surface area contributed by atoms with Crippen molar-refractivity contribution >= 4 is 12.4 Å². The summed E-state index contributed by atoms with van der Waals surface area (Å²) in [5.74, 6) is 1.85. The monoisotopic (exact) mass is 288 g/mol. The van der Waals surface area contributed by atoms with Crippen LogP contribution in [0.3, 0.4) is 0 Å². The van der Waals surface area contributed by atoms with E-state index in [1.165, 1.54) is 19.3 Å². The van der Waals surface area contributed by atoms with E-state index in [2.05, 4.69) is 41.3 Å². The molecule has 0 amide bonds. The SMILES string of the molecule is CC(C)c1nc(CN(C)C2CCCNCC2)no1.Cl. The Morgan fingerprint density at radius 3 is 2.84 bits per heavy atom. The van der Waals surface area contributed by atoms with Crippen molar-refractivity contribution in [1.82, 2.24) is 20.4 Å². The first-order valence-corrected chi connectivity index (χ1v) is 6.90. The van der Waals surface area contributed by atoms with Gasteiger partial charge in [-0.3, -0.25) is 4.90 Å². The molecule has 1 aliphatic heterocycles. The number of rotatable bonds is 4. The van der Waals surface area contributed by atoms with Crippen molar-refractivity contribution in [2.24, 2.45) is 0 Å². The van der Waals surface area contributed by atoms with E-state index in [4.69, 9.17) is 4.52 Å². The molecule has 6 heteroatoms. The third-order valence-corrected chi connectivity index (χ3v) is 3.54. The fourth-order valence-corrected chi connectivity index (χ4v) is 2.36. The molecule has 2 rings (SSSR count). The van der Waals surface area contributed by atoms with Crippen molar-refractivity contribution in [3.05, 3.63) is 11.7 Å². The quantitative estimate of drug-likeness (QED) is 0.920. The van der Waals surface area contributed by atoms with Crippen LogP contribution in [0.15, 0.2) is 4.52 Å². The van der Waals surface area contributed by atoms with Crippen LogP contribution < -0.4 is 5.32 Å². The highest BCUT2D eigenvalue weighted by Gasteiger charge is 2.19. The summed E-state index contributed by atoms with van der Waals surface area (Å²) in [5, 5.41) is 7.49. The molecule has 1 saturated heterocycles. The highest BCUT2D eigenvalue weighted by molar-refractivity contribution is 5.85. The minimum Gasteiger partial charge on any atom is -0.339 e. The van der Waals surface area contributed by atoms with Crippen molar-refractivity contribution in [2.75, 3.05) is 20.1 Å². The molecule has 0 aliphatic carbocycles. The second-order valence-corrected chi connectivity index (χ2v) is 5.45. The molecule has 0 aromatic carbocycles. The van der Waals surface area contributed by atoms with Gasteiger partial charge in [0.2, 0.25) is 5.89 Å². The van der Waals surface area contributed by atoms with Gasteiger partial charge in [0.05, 0.1) is 6.54 Å². The number of nitrogens with one attached hydrogen (secondary N) is 1. The van der Waals surface area contributed by atoms with Crippen LogP contribution in [-0.2, 0) is 6.54 Å². The third-order valence-electron chi connectivity index (χ3n) is 3.54. The van der Waals surface area contributed by atoms with Crippen molar-refractivity contribution in [3.63, 3.8) is 0 Å². The molecule has 5 nitrogen and oxygen atoms in total. The molecule has 1 aliphatic rings. The molecule has 19 heavy (non-hydrogen) atoms. The van der Waals surface area contributed by atoms with Crippen LogP contribution in [0.4, 0.5) is 0 Å². The summed E-state index contributed by atoms with van der Waals surface area (Å²) >= 11 is 0. The number of halogens is 1. The van der Waals surface area contributed by atoms with E-state index < -0.39 is 0 Å². The molecule has 1 fully saturated rings. The van der Waals surface area contributed by atoms with Crippen LogP contribution in [0.5, 0.6) is 0 Å². The summed E-state index contributed by atoms with van der Waals surface area (Å²) in [6, 6.07) is 0.626. The Kier molecular flexibility index (Phi) is 6.75. The zero-order valence-electron chi connectivity index (χ0n) is 12.1. The van der Waals surface area contributed by atoms with Gasteiger partial charge >= 0.3 is 0 Å². The van der Waals surface area contributed by atoms with E-state index in [0.717, 1.165) is 31.3 Å². The Labute approximate surface area is 121 Å². The summed E-state index contributed by atoms with van der Waals surface area (Å²) in [7, 11) is 2.15. The van der Waals surface area contributed by atoms with E-state index in [1.54, 1.807) is 0 Å². The summed E-state index contributed by atoms with van der Waals surface area (Å²) in [6.07, 6.45) is 3.70. The molecule has 0 spiro atoms. The predicted molar refractivity (Wildman–Crippen MR) is 77.6 cm³/mol. The lowest BCUT2D eigenvalue weighted by molar-refractivity contribution is 0.209. The second kappa shape index (κ2) is 7.82. The second-order valence-electron chi connectivity index (χ2n) is 5.45. The summed E-state index contributed by atoms with van der Waals surface area (Å²) < 4.78 is 5.24. The first kappa shape index (κ1) is 16.4. The molecule has 1 unspecified atom stereocenters. The van der Waals surface area contributed by atoms with E-state index in [0.29, 0.717) is 12.0 Å². The third kappa shape index (κ3) is 4.75. The van der Waals surface area contributed by atoms with Crippen LogP contribution in [0.2, 0.25) is 0 Å². The van der Waals surface area contributed by atoms with Gasteiger partial charge in [0.15, 0.2) is 5.82 Å². The maximum Gasteiger partial charge on any atom is 0.229 e. The molecular formula is C13H25ClN4O. The number of hydrogen-bond donors (Lipinski definition) is 1. The van der Waals surface area contributed by atoms with Crippen molar-refractivity contribution in [3.8, 4) is 0 Å². The highest BCUT2D eigenvalue weighted by atomic mass is 35.5. The van der Waals surface area contributed by atoms with Crippen LogP contribution in [0.1, 0.15) is 50.7 Å². The van der Waals surface area contributed by atoms with Gasteiger partial charge in [0, 0.05) is 12.0 Å². The summed E-state index contributed by atoms with van der Waals surface area (Å²) in [4.78, 5) is 6.78. The predicted octanol–water partition coefficient (Wildman–Crippen LogP) is 2.19. The Balaban J connectivity index is 0.00000180. The van der Waals surface area contributed by atoms with Crippen molar-refractivity contribution in [1.29, 1.82) is 0 Å². The Morgan fingerprint density at radius 1 is 1.37 bits per heavy atom. The number of aromatic nitrogens is 2. The van der Waals surface area contributed by atoms with Gasteiger partial charge < -0.3 is 9.84 Å². The van der Waals surface area contributed by atoms with Gasteiger partial charge in [-0.25, -0.2) is 0 Å². The minimum absolute atomic E-state index is 0. The molecule has 1 aromatic heterocycles. The van der Waals surface area contributed by atoms with E-state index in [-0.39, 0.29) is 12.4 Å². The van der Waals surface area contributed by atoms with Gasteiger partial charge in [-0.15, -0.1) is 12.4 Å². The molecule has 1 atom stereocenters. The topological polar surface area (TPSA) is 54.2 Å². The van der Waals surface area contributed by atoms with Crippen LogP contribution in [-0.4, -0.2) is 41.2 Å². The fraction of sp³-hybridized carbons (Fsp3) is 0.846. The van der Waals surface area contributed by atoms with Gasteiger partial charge in [0.25, 0.3) is 0 Å². The Morgan fingerprint density at radius 2 is 2.16 bits per heavy atom. The molecule has 1 N–H and O–H groups in total. The lowest BCUT2D eigenvalue weighted by Crippen LogP contribution is -2.32. The lowest BCUT2D eigenvalue weighted by Gasteiger charge is -2.25. The zero-order valence-corrected chi connectivity index (χ0v) is 12.9. The maximum absolute atomic E-state index is 5.24. The fourth-order valence-electron chi connectivity index (χ4n) is 2.36. The van der Waals surface area contributed by atoms with Crippen LogP contribution >= 0.6 is 12.4 Å². The minimum atomic E-state index is 0. The highest BCUT2D eigenvalue weighted by Crippen LogP contribution is 2.15. The van der Waals surface area contributed by atoms with Gasteiger partial charge in [-0.2, -0.15) is 4.98 Å². The standard InChI is InChI=1S/C13H24N4O.ClH/c1-10(2)13-15-12(16-18-13)9-17(3)11-5-4-7-14-8-6-11;/h10-11,14H,4-9H2,1-3H3;1H. The Bertz CT molecular complexity index is 361. The normalized spacial score (nSPS) is 20.4. The average molecular weight is 289 g/mol. The molecule has 0 bridgehead atoms. The van der Waals surface area contributed by atoms with E-state index in [1.807, 2.05) is 0 Å². The van der Waals surface area contributed by atoms with Gasteiger partial charge in [0.1, 0.15) is 0 Å². The van der Waals surface area contributed by atoms with E-state index in [9.17, 15) is 0 Å². The average Bonchev–Trinajstić information content (AvgIpc) is 2.64. The van der Waals surface area contributed by atoms with Crippen molar-refractivity contribution < 1.29 is 4.52 Å². The first-order valence-electron chi connectivity index (χ1n) is 6.90. The number of nitrogens with zero attached hydrogens (tertiary/aromatic N) is 3. The zero-order chi connectivity index (χ0) is 13.0. The van der Waals surface area contributed by atoms with Crippen LogP contribution in [0, 0.1) is 0 Å². The summed E-state index contributed by atoms with van der Waals surface area (Å²) in [5.41, 5.74) is 0. The smallest absolute Gasteiger partial charge is 0.229 e. The van der Waals surface area contributed by atoms with Gasteiger partial charge in [-0.1, -0.05) is 19.0 Å². The molecular weight excluding hydrogens is 264 g/mol. The Hall–Kier alpha value is -0.650.